The second-order valence-corrected chi connectivity index (χ2v) is 9.10. The van der Waals surface area contributed by atoms with E-state index in [0.717, 1.165) is 4.90 Å². The lowest BCUT2D eigenvalue weighted by Crippen LogP contribution is -2.56. The standard InChI is InChI=1S/C21H23FN2O6/c1-19(2,3)29-18(28)23-11-20(9-6-10-20)21(22,12-23)17(27)30-24-15(25)13-7-4-5-8-14(13)16(24)26/h4-5,7-8H,6,9-12H2,1-3H3. The zero-order valence-electron chi connectivity index (χ0n) is 17.1. The highest BCUT2D eigenvalue weighted by atomic mass is 19.1. The molecule has 0 aromatic heterocycles. The summed E-state index contributed by atoms with van der Waals surface area (Å²) in [5.41, 5.74) is -4.25. The first-order valence-corrected chi connectivity index (χ1v) is 9.85. The summed E-state index contributed by atoms with van der Waals surface area (Å²) in [7, 11) is 0. The molecule has 1 aromatic rings. The predicted molar refractivity (Wildman–Crippen MR) is 101 cm³/mol. The van der Waals surface area contributed by atoms with Gasteiger partial charge in [0.25, 0.3) is 11.8 Å². The Morgan fingerprint density at radius 3 is 2.07 bits per heavy atom. The number of fused-ring (bicyclic) bond motifs is 1. The number of nitrogens with zero attached hydrogens (tertiary/aromatic N) is 2. The predicted octanol–water partition coefficient (Wildman–Crippen LogP) is 2.87. The lowest BCUT2D eigenvalue weighted by atomic mass is 9.61. The minimum atomic E-state index is -2.54. The third-order valence-corrected chi connectivity index (χ3v) is 5.96. The topological polar surface area (TPSA) is 93.2 Å². The molecular formula is C21H23FN2O6. The van der Waals surface area contributed by atoms with E-state index in [2.05, 4.69) is 0 Å². The minimum Gasteiger partial charge on any atom is -0.444 e. The fraction of sp³-hybridized carbons (Fsp3) is 0.524. The summed E-state index contributed by atoms with van der Waals surface area (Å²) in [6.45, 7) is 4.54. The van der Waals surface area contributed by atoms with Gasteiger partial charge in [0.05, 0.1) is 17.7 Å². The molecule has 8 nitrogen and oxygen atoms in total. The highest BCUT2D eigenvalue weighted by Crippen LogP contribution is 2.56. The minimum absolute atomic E-state index is 0.00956. The first-order valence-electron chi connectivity index (χ1n) is 9.85. The molecule has 3 aliphatic rings. The Morgan fingerprint density at radius 1 is 1.03 bits per heavy atom. The Bertz CT molecular complexity index is 916. The van der Waals surface area contributed by atoms with Crippen molar-refractivity contribution in [1.29, 1.82) is 0 Å². The van der Waals surface area contributed by atoms with E-state index in [4.69, 9.17) is 9.57 Å². The van der Waals surface area contributed by atoms with Crippen LogP contribution in [-0.2, 0) is 14.4 Å². The Hall–Kier alpha value is -2.97. The van der Waals surface area contributed by atoms with Crippen LogP contribution in [0.2, 0.25) is 0 Å². The second-order valence-electron chi connectivity index (χ2n) is 9.10. The van der Waals surface area contributed by atoms with Gasteiger partial charge in [-0.15, -0.1) is 0 Å². The molecule has 0 bridgehead atoms. The van der Waals surface area contributed by atoms with Crippen molar-refractivity contribution in [2.24, 2.45) is 5.41 Å². The summed E-state index contributed by atoms with van der Waals surface area (Å²) in [5, 5.41) is 0.302. The smallest absolute Gasteiger partial charge is 0.410 e. The summed E-state index contributed by atoms with van der Waals surface area (Å²) in [6.07, 6.45) is 0.760. The summed E-state index contributed by atoms with van der Waals surface area (Å²) >= 11 is 0. The molecule has 2 aliphatic heterocycles. The number of halogens is 1. The second kappa shape index (κ2) is 6.52. The third-order valence-electron chi connectivity index (χ3n) is 5.96. The summed E-state index contributed by atoms with van der Waals surface area (Å²) in [5.74, 6) is -2.99. The van der Waals surface area contributed by atoms with E-state index in [1.54, 1.807) is 32.9 Å². The quantitative estimate of drug-likeness (QED) is 0.686. The van der Waals surface area contributed by atoms with E-state index < -0.39 is 47.1 Å². The van der Waals surface area contributed by atoms with Crippen LogP contribution in [-0.4, -0.2) is 58.2 Å². The van der Waals surface area contributed by atoms with Crippen LogP contribution in [0.15, 0.2) is 24.3 Å². The van der Waals surface area contributed by atoms with E-state index in [1.165, 1.54) is 12.1 Å². The molecule has 0 N–H and O–H groups in total. The number of ether oxygens (including phenoxy) is 1. The number of hydroxylamine groups is 2. The maximum Gasteiger partial charge on any atom is 0.410 e. The number of carbonyl (C=O) groups is 4. The molecule has 1 saturated heterocycles. The SMILES string of the molecule is CC(C)(C)OC(=O)N1CC2(CCC2)C(F)(C(=O)ON2C(=O)c3ccccc3C2=O)C1. The number of hydrogen-bond donors (Lipinski definition) is 0. The molecule has 2 fully saturated rings. The van der Waals surface area contributed by atoms with Gasteiger partial charge in [-0.25, -0.2) is 14.0 Å². The van der Waals surface area contributed by atoms with Crippen LogP contribution in [0.3, 0.4) is 0 Å². The van der Waals surface area contributed by atoms with E-state index in [0.29, 0.717) is 24.3 Å². The lowest BCUT2D eigenvalue weighted by Gasteiger charge is -2.44. The lowest BCUT2D eigenvalue weighted by molar-refractivity contribution is -0.193. The first kappa shape index (κ1) is 20.3. The van der Waals surface area contributed by atoms with Crippen LogP contribution in [0.5, 0.6) is 0 Å². The molecule has 1 atom stereocenters. The molecule has 160 valence electrons. The number of hydrogen-bond acceptors (Lipinski definition) is 6. The number of alkyl halides is 1. The van der Waals surface area contributed by atoms with Gasteiger partial charge in [-0.1, -0.05) is 23.6 Å². The summed E-state index contributed by atoms with van der Waals surface area (Å²) < 4.78 is 21.4. The molecule has 3 amide bonds. The molecule has 1 spiro atoms. The average molecular weight is 418 g/mol. The van der Waals surface area contributed by atoms with E-state index in [9.17, 15) is 19.2 Å². The Kier molecular flexibility index (Phi) is 4.41. The molecule has 1 aliphatic carbocycles. The van der Waals surface area contributed by atoms with Crippen molar-refractivity contribution in [1.82, 2.24) is 9.96 Å². The molecule has 4 rings (SSSR count). The van der Waals surface area contributed by atoms with E-state index in [1.807, 2.05) is 0 Å². The van der Waals surface area contributed by atoms with Gasteiger partial charge in [0.1, 0.15) is 5.60 Å². The number of imide groups is 1. The monoisotopic (exact) mass is 418 g/mol. The van der Waals surface area contributed by atoms with Crippen molar-refractivity contribution in [2.75, 3.05) is 13.1 Å². The number of likely N-dealkylation sites (tertiary alicyclic amines) is 1. The maximum atomic E-state index is 16.1. The summed E-state index contributed by atoms with van der Waals surface area (Å²) in [6, 6.07) is 6.01. The van der Waals surface area contributed by atoms with E-state index >= 15 is 4.39 Å². The highest BCUT2D eigenvalue weighted by Gasteiger charge is 2.68. The van der Waals surface area contributed by atoms with Gasteiger partial charge in [0.2, 0.25) is 5.67 Å². The van der Waals surface area contributed by atoms with Gasteiger partial charge in [0, 0.05) is 12.0 Å². The molecule has 30 heavy (non-hydrogen) atoms. The summed E-state index contributed by atoms with van der Waals surface area (Å²) in [4.78, 5) is 56.4. The van der Waals surface area contributed by atoms with Crippen LogP contribution >= 0.6 is 0 Å². The third kappa shape index (κ3) is 2.95. The van der Waals surface area contributed by atoms with Gasteiger partial charge >= 0.3 is 12.1 Å². The largest absolute Gasteiger partial charge is 0.444 e. The van der Waals surface area contributed by atoms with Gasteiger partial charge in [0.15, 0.2) is 0 Å². The van der Waals surface area contributed by atoms with Crippen molar-refractivity contribution in [2.45, 2.75) is 51.3 Å². The molecule has 1 saturated carbocycles. The van der Waals surface area contributed by atoms with Gasteiger partial charge in [-0.2, -0.15) is 0 Å². The molecule has 1 aromatic carbocycles. The fourth-order valence-corrected chi connectivity index (χ4v) is 4.28. The van der Waals surface area contributed by atoms with Crippen LogP contribution in [0.25, 0.3) is 0 Å². The zero-order chi connectivity index (χ0) is 21.9. The van der Waals surface area contributed by atoms with Crippen LogP contribution in [0.4, 0.5) is 9.18 Å². The Labute approximate surface area is 172 Å². The van der Waals surface area contributed by atoms with Crippen molar-refractivity contribution >= 4 is 23.9 Å². The first-order chi connectivity index (χ1) is 14.0. The molecule has 9 heteroatoms. The van der Waals surface area contributed by atoms with Gasteiger partial charge in [-0.3, -0.25) is 9.59 Å². The number of amides is 3. The number of rotatable bonds is 2. The van der Waals surface area contributed by atoms with E-state index in [-0.39, 0.29) is 17.7 Å². The molecular weight excluding hydrogens is 395 g/mol. The van der Waals surface area contributed by atoms with Gasteiger partial charge < -0.3 is 14.5 Å². The van der Waals surface area contributed by atoms with Crippen molar-refractivity contribution < 1.29 is 33.1 Å². The van der Waals surface area contributed by atoms with Crippen molar-refractivity contribution in [3.8, 4) is 0 Å². The Morgan fingerprint density at radius 2 is 1.60 bits per heavy atom. The molecule has 0 radical (unpaired) electrons. The number of benzene rings is 1. The average Bonchev–Trinajstić information content (AvgIpc) is 3.09. The molecule has 1 unspecified atom stereocenters. The normalized spacial score (nSPS) is 24.7. The maximum absolute atomic E-state index is 16.1. The molecule has 2 heterocycles. The van der Waals surface area contributed by atoms with Crippen LogP contribution in [0, 0.1) is 5.41 Å². The number of carbonyl (C=O) groups excluding carboxylic acids is 4. The zero-order valence-corrected chi connectivity index (χ0v) is 17.1. The Balaban J connectivity index is 1.55. The van der Waals surface area contributed by atoms with Crippen molar-refractivity contribution in [3.63, 3.8) is 0 Å². The highest BCUT2D eigenvalue weighted by molar-refractivity contribution is 6.21. The van der Waals surface area contributed by atoms with Crippen molar-refractivity contribution in [3.05, 3.63) is 35.4 Å². The van der Waals surface area contributed by atoms with Gasteiger partial charge in [-0.05, 0) is 45.7 Å². The fourth-order valence-electron chi connectivity index (χ4n) is 4.28. The van der Waals surface area contributed by atoms with Crippen LogP contribution in [0.1, 0.15) is 60.7 Å². The van der Waals surface area contributed by atoms with Crippen LogP contribution < -0.4 is 0 Å².